The molecule has 2 N–H and O–H groups in total. The predicted molar refractivity (Wildman–Crippen MR) is 163 cm³/mol. The number of rotatable bonds is 5. The van der Waals surface area contributed by atoms with Gasteiger partial charge >= 0.3 is 0 Å². The number of carbonyl (C=O) groups is 2. The van der Waals surface area contributed by atoms with Gasteiger partial charge in [0.15, 0.2) is 5.78 Å². The topological polar surface area (TPSA) is 91.8 Å². The van der Waals surface area contributed by atoms with Gasteiger partial charge in [0.05, 0.1) is 11.7 Å². The van der Waals surface area contributed by atoms with Crippen LogP contribution in [0.2, 0.25) is 5.15 Å². The lowest BCUT2D eigenvalue weighted by molar-refractivity contribution is -0.118. The quantitative estimate of drug-likeness (QED) is 0.182. The number of nitrogens with one attached hydrogen (secondary N) is 1. The number of hydrogen-bond acceptors (Lipinski definition) is 6. The maximum atomic E-state index is 16.2. The van der Waals surface area contributed by atoms with E-state index in [1.54, 1.807) is 30.3 Å². The van der Waals surface area contributed by atoms with E-state index in [-0.39, 0.29) is 57.9 Å². The number of carbonyl (C=O) groups excluding carboxylic acids is 2. The molecule has 0 saturated carbocycles. The fourth-order valence-electron chi connectivity index (χ4n) is 5.77. The summed E-state index contributed by atoms with van der Waals surface area (Å²) in [7, 11) is 0. The molecule has 3 aromatic carbocycles. The number of ether oxygens (including phenoxy) is 1. The third-order valence-corrected chi connectivity index (χ3v) is 7.89. The molecule has 4 aromatic rings. The monoisotopic (exact) mass is 597 g/mol. The minimum absolute atomic E-state index is 0.00246. The molecule has 218 valence electrons. The van der Waals surface area contributed by atoms with Gasteiger partial charge in [-0.2, -0.15) is 0 Å². The van der Waals surface area contributed by atoms with E-state index in [9.17, 15) is 14.7 Å². The van der Waals surface area contributed by atoms with Gasteiger partial charge in [0.1, 0.15) is 40.5 Å². The van der Waals surface area contributed by atoms with Crippen LogP contribution in [0.5, 0.6) is 11.5 Å². The Labute approximate surface area is 253 Å². The first-order valence-corrected chi connectivity index (χ1v) is 14.3. The lowest BCUT2D eigenvalue weighted by atomic mass is 9.73. The summed E-state index contributed by atoms with van der Waals surface area (Å²) in [5.41, 5.74) is 1.90. The molecule has 6 rings (SSSR count). The van der Waals surface area contributed by atoms with E-state index in [1.807, 2.05) is 44.2 Å². The number of phenols is 1. The van der Waals surface area contributed by atoms with Crippen molar-refractivity contribution in [3.05, 3.63) is 124 Å². The van der Waals surface area contributed by atoms with Crippen LogP contribution >= 0.6 is 11.6 Å². The summed E-state index contributed by atoms with van der Waals surface area (Å²) in [6.45, 7) is 4.19. The molecule has 1 aliphatic carbocycles. The highest BCUT2D eigenvalue weighted by Crippen LogP contribution is 2.51. The van der Waals surface area contributed by atoms with Crippen molar-refractivity contribution in [3.63, 3.8) is 0 Å². The minimum atomic E-state index is -1.18. The molecular formula is C34H29ClFN3O4. The largest absolute Gasteiger partial charge is 0.506 e. The van der Waals surface area contributed by atoms with Crippen LogP contribution in [0.15, 0.2) is 96.2 Å². The molecule has 1 amide bonds. The van der Waals surface area contributed by atoms with Gasteiger partial charge in [0.25, 0.3) is 5.91 Å². The summed E-state index contributed by atoms with van der Waals surface area (Å²) in [5, 5.41) is 14.3. The lowest BCUT2D eigenvalue weighted by Gasteiger charge is -2.37. The zero-order valence-corrected chi connectivity index (χ0v) is 24.4. The van der Waals surface area contributed by atoms with Crippen LogP contribution in [0.3, 0.4) is 0 Å². The first kappa shape index (κ1) is 28.4. The van der Waals surface area contributed by atoms with Crippen molar-refractivity contribution >= 4 is 34.7 Å². The van der Waals surface area contributed by atoms with E-state index in [0.717, 1.165) is 5.56 Å². The van der Waals surface area contributed by atoms with Gasteiger partial charge in [-0.1, -0.05) is 67.9 Å². The van der Waals surface area contributed by atoms with Crippen LogP contribution in [-0.4, -0.2) is 21.8 Å². The van der Waals surface area contributed by atoms with Crippen molar-refractivity contribution < 1.29 is 23.8 Å². The van der Waals surface area contributed by atoms with Crippen molar-refractivity contribution in [2.75, 3.05) is 10.2 Å². The average molecular weight is 598 g/mol. The number of aromatic hydroxyl groups is 1. The number of aromatic nitrogens is 1. The second-order valence-electron chi connectivity index (χ2n) is 11.5. The van der Waals surface area contributed by atoms with Crippen LogP contribution in [0.25, 0.3) is 0 Å². The van der Waals surface area contributed by atoms with Crippen LogP contribution in [0.1, 0.15) is 54.3 Å². The molecule has 0 saturated heterocycles. The van der Waals surface area contributed by atoms with Crippen molar-refractivity contribution in [2.45, 2.75) is 39.3 Å². The molecule has 1 aromatic heterocycles. The van der Waals surface area contributed by atoms with Crippen molar-refractivity contribution in [3.8, 4) is 11.5 Å². The van der Waals surface area contributed by atoms with Crippen LogP contribution < -0.4 is 15.0 Å². The van der Waals surface area contributed by atoms with Gasteiger partial charge in [-0.25, -0.2) is 9.37 Å². The number of nitrogens with zero attached hydrogens (tertiary/aromatic N) is 2. The fourth-order valence-corrected chi connectivity index (χ4v) is 5.94. The van der Waals surface area contributed by atoms with Crippen molar-refractivity contribution in [1.82, 2.24) is 4.98 Å². The van der Waals surface area contributed by atoms with Crippen LogP contribution in [-0.2, 0) is 11.4 Å². The number of para-hydroxylation sites is 1. The minimum Gasteiger partial charge on any atom is -0.506 e. The van der Waals surface area contributed by atoms with Gasteiger partial charge < -0.3 is 15.2 Å². The molecule has 2 heterocycles. The normalized spacial score (nSPS) is 17.4. The summed E-state index contributed by atoms with van der Waals surface area (Å²) < 4.78 is 22.1. The fraction of sp³-hybridized carbons (Fsp3) is 0.206. The summed E-state index contributed by atoms with van der Waals surface area (Å²) in [6.07, 6.45) is 0.638. The molecule has 0 spiro atoms. The molecule has 2 aliphatic rings. The second-order valence-corrected chi connectivity index (χ2v) is 11.9. The van der Waals surface area contributed by atoms with Crippen LogP contribution in [0.4, 0.5) is 15.8 Å². The molecule has 1 atom stereocenters. The van der Waals surface area contributed by atoms with Gasteiger partial charge in [-0.3, -0.25) is 14.5 Å². The number of hydrogen-bond donors (Lipinski definition) is 2. The first-order chi connectivity index (χ1) is 20.6. The number of fused-ring (bicyclic) bond motifs is 1. The maximum Gasteiger partial charge on any atom is 0.277 e. The number of halogens is 2. The molecule has 1 aliphatic heterocycles. The Morgan fingerprint density at radius 2 is 1.84 bits per heavy atom. The van der Waals surface area contributed by atoms with Crippen molar-refractivity contribution in [2.24, 2.45) is 5.41 Å². The number of amides is 1. The summed E-state index contributed by atoms with van der Waals surface area (Å²) in [4.78, 5) is 33.8. The Hall–Kier alpha value is -4.69. The third kappa shape index (κ3) is 5.58. The van der Waals surface area contributed by atoms with E-state index in [2.05, 4.69) is 10.3 Å². The Morgan fingerprint density at radius 1 is 1.07 bits per heavy atom. The highest BCUT2D eigenvalue weighted by Gasteiger charge is 2.45. The summed E-state index contributed by atoms with van der Waals surface area (Å²) in [6, 6.07) is 22.1. The number of ketones is 1. The Balaban J connectivity index is 1.53. The van der Waals surface area contributed by atoms with E-state index in [4.69, 9.17) is 16.3 Å². The second kappa shape index (κ2) is 11.2. The lowest BCUT2D eigenvalue weighted by Crippen LogP contribution is -2.40. The molecule has 0 fully saturated rings. The van der Waals surface area contributed by atoms with Gasteiger partial charge in [-0.15, -0.1) is 0 Å². The molecular weight excluding hydrogens is 569 g/mol. The smallest absolute Gasteiger partial charge is 0.277 e. The Bertz CT molecular complexity index is 1770. The van der Waals surface area contributed by atoms with Crippen LogP contribution in [0, 0.1) is 11.2 Å². The van der Waals surface area contributed by atoms with Crippen molar-refractivity contribution in [1.29, 1.82) is 0 Å². The maximum absolute atomic E-state index is 16.2. The SMILES string of the molecule is CC1(C)CC(=O)C2=C(C1)Nc1c(O)cccc1N(C(=O)c1cccc(Cl)n1)C2c1ccc(OCc2ccccc2)cc1F. The first-order valence-electron chi connectivity index (χ1n) is 13.9. The highest BCUT2D eigenvalue weighted by molar-refractivity contribution is 6.29. The number of pyridine rings is 1. The van der Waals surface area contributed by atoms with Gasteiger partial charge in [-0.05, 0) is 53.8 Å². The van der Waals surface area contributed by atoms with E-state index >= 15 is 4.39 Å². The number of Topliss-reactive ketones (excluding diaryl/α,β-unsaturated/α-hetero) is 1. The summed E-state index contributed by atoms with van der Waals surface area (Å²) in [5.74, 6) is -1.31. The summed E-state index contributed by atoms with van der Waals surface area (Å²) >= 11 is 6.15. The Morgan fingerprint density at radius 3 is 2.58 bits per heavy atom. The van der Waals surface area contributed by atoms with Gasteiger partial charge in [0, 0.05) is 29.3 Å². The molecule has 0 bridgehead atoms. The molecule has 43 heavy (non-hydrogen) atoms. The average Bonchev–Trinajstić information content (AvgIpc) is 3.11. The number of allylic oxidation sites excluding steroid dienone is 1. The van der Waals surface area contributed by atoms with E-state index in [1.165, 1.54) is 29.2 Å². The standard InChI is InChI=1S/C34H29ClFN3O4/c1-34(2)17-25-30(28(41)18-34)32(22-15-14-21(16-23(22)36)43-19-20-8-4-3-5-9-20)39(26-11-7-12-27(40)31(26)38-25)33(42)24-10-6-13-29(35)37-24/h3-16,32,38,40H,17-19H2,1-2H3. The predicted octanol–water partition coefficient (Wildman–Crippen LogP) is 7.62. The van der Waals surface area contributed by atoms with Gasteiger partial charge in [0.2, 0.25) is 0 Å². The van der Waals surface area contributed by atoms with E-state index in [0.29, 0.717) is 17.9 Å². The third-order valence-electron chi connectivity index (χ3n) is 7.68. The number of phenolic OH excluding ortho intramolecular Hbond substituents is 1. The molecule has 7 nitrogen and oxygen atoms in total. The molecule has 1 unspecified atom stereocenters. The van der Waals surface area contributed by atoms with E-state index < -0.39 is 23.2 Å². The zero-order valence-electron chi connectivity index (χ0n) is 23.6. The molecule has 9 heteroatoms. The Kier molecular flexibility index (Phi) is 7.40. The number of benzene rings is 3. The number of anilines is 2. The highest BCUT2D eigenvalue weighted by atomic mass is 35.5. The molecule has 0 radical (unpaired) electrons. The zero-order chi connectivity index (χ0) is 30.3.